The van der Waals surface area contributed by atoms with Gasteiger partial charge in [0.1, 0.15) is 16.5 Å². The fraction of sp³-hybridized carbons (Fsp3) is 0.560. The largest absolute Gasteiger partial charge is 0.497 e. The van der Waals surface area contributed by atoms with Crippen molar-refractivity contribution >= 4 is 29.0 Å². The summed E-state index contributed by atoms with van der Waals surface area (Å²) in [6.45, 7) is 13.7. The van der Waals surface area contributed by atoms with Gasteiger partial charge in [-0.1, -0.05) is 13.8 Å². The zero-order valence-corrected chi connectivity index (χ0v) is 22.1. The molecule has 2 aromatic rings. The lowest BCUT2D eigenvalue weighted by Gasteiger charge is -2.26. The number of urea groups is 1. The minimum Gasteiger partial charge on any atom is -0.497 e. The molecule has 3 amide bonds. The predicted molar refractivity (Wildman–Crippen MR) is 139 cm³/mol. The van der Waals surface area contributed by atoms with Crippen LogP contribution in [0.5, 0.6) is 5.75 Å². The summed E-state index contributed by atoms with van der Waals surface area (Å²) in [5, 5.41) is 8.43. The molecule has 1 aromatic heterocycles. The Morgan fingerprint density at radius 1 is 1.12 bits per heavy atom. The summed E-state index contributed by atoms with van der Waals surface area (Å²) in [4.78, 5) is 34.1. The number of carbonyl (C=O) groups excluding carboxylic acids is 2. The van der Waals surface area contributed by atoms with E-state index in [1.807, 2.05) is 20.8 Å². The summed E-state index contributed by atoms with van der Waals surface area (Å²) in [5.41, 5.74) is 1.08. The van der Waals surface area contributed by atoms with Crippen LogP contribution < -0.4 is 15.4 Å². The smallest absolute Gasteiger partial charge is 0.322 e. The predicted octanol–water partition coefficient (Wildman–Crippen LogP) is 4.83. The van der Waals surface area contributed by atoms with E-state index in [1.54, 1.807) is 41.7 Å². The lowest BCUT2D eigenvalue weighted by molar-refractivity contribution is 0.0932. The van der Waals surface area contributed by atoms with E-state index >= 15 is 0 Å². The normalized spacial score (nSPS) is 12.0. The van der Waals surface area contributed by atoms with Crippen LogP contribution in [0.4, 0.5) is 10.5 Å². The molecule has 34 heavy (non-hydrogen) atoms. The highest BCUT2D eigenvalue weighted by Gasteiger charge is 2.21. The maximum Gasteiger partial charge on any atom is 0.322 e. The van der Waals surface area contributed by atoms with E-state index in [1.165, 1.54) is 11.3 Å². The van der Waals surface area contributed by atoms with Crippen LogP contribution in [0.25, 0.3) is 0 Å². The highest BCUT2D eigenvalue weighted by Crippen LogP contribution is 2.18. The summed E-state index contributed by atoms with van der Waals surface area (Å²) in [6.07, 6.45) is 1.96. The number of rotatable bonds is 13. The van der Waals surface area contributed by atoms with Crippen LogP contribution in [0, 0.1) is 0 Å². The van der Waals surface area contributed by atoms with Gasteiger partial charge in [0.2, 0.25) is 0 Å². The lowest BCUT2D eigenvalue weighted by atomic mass is 10.1. The molecule has 0 aliphatic carbocycles. The number of amides is 3. The van der Waals surface area contributed by atoms with Gasteiger partial charge in [0.25, 0.3) is 5.91 Å². The number of benzene rings is 1. The molecule has 0 radical (unpaired) electrons. The Labute approximate surface area is 207 Å². The summed E-state index contributed by atoms with van der Waals surface area (Å²) >= 11 is 1.39. The van der Waals surface area contributed by atoms with E-state index in [9.17, 15) is 9.59 Å². The molecule has 1 unspecified atom stereocenters. The molecular weight excluding hydrogens is 450 g/mol. The Kier molecular flexibility index (Phi) is 11.3. The molecule has 1 atom stereocenters. The highest BCUT2D eigenvalue weighted by molar-refractivity contribution is 7.09. The number of ether oxygens (including phenoxy) is 1. The Bertz CT molecular complexity index is 896. The zero-order valence-electron chi connectivity index (χ0n) is 21.3. The topological polar surface area (TPSA) is 86.8 Å². The standard InChI is InChI=1S/C25H39N5O3S/c1-7-29(8-2)15-9-10-19(5)26-24(31)22-17-34-23(28-22)16-30(18(3)4)25(32)27-20-11-13-21(33-6)14-12-20/h11-14,17-19H,7-10,15-16H2,1-6H3,(H,26,31)(H,27,32). The number of thiazole rings is 1. The Hall–Kier alpha value is -2.65. The van der Waals surface area contributed by atoms with Gasteiger partial charge in [-0.3, -0.25) is 4.79 Å². The van der Waals surface area contributed by atoms with Gasteiger partial charge in [-0.2, -0.15) is 0 Å². The summed E-state index contributed by atoms with van der Waals surface area (Å²) in [6, 6.07) is 7.01. The van der Waals surface area contributed by atoms with Crippen LogP contribution in [0.1, 0.15) is 63.0 Å². The maximum atomic E-state index is 12.9. The van der Waals surface area contributed by atoms with Crippen molar-refractivity contribution < 1.29 is 14.3 Å². The zero-order chi connectivity index (χ0) is 25.1. The summed E-state index contributed by atoms with van der Waals surface area (Å²) < 4.78 is 5.16. The van der Waals surface area contributed by atoms with Crippen LogP contribution in [-0.4, -0.2) is 65.5 Å². The van der Waals surface area contributed by atoms with Gasteiger partial charge < -0.3 is 25.2 Å². The molecular formula is C25H39N5O3S. The number of hydrogen-bond acceptors (Lipinski definition) is 6. The third-order valence-electron chi connectivity index (χ3n) is 5.70. The van der Waals surface area contributed by atoms with Crippen molar-refractivity contribution in [2.24, 2.45) is 0 Å². The summed E-state index contributed by atoms with van der Waals surface area (Å²) in [7, 11) is 1.60. The minimum atomic E-state index is -0.219. The Balaban J connectivity index is 1.91. The molecule has 0 bridgehead atoms. The number of methoxy groups -OCH3 is 1. The van der Waals surface area contributed by atoms with Crippen molar-refractivity contribution in [2.75, 3.05) is 32.1 Å². The van der Waals surface area contributed by atoms with Crippen LogP contribution in [0.3, 0.4) is 0 Å². The van der Waals surface area contributed by atoms with E-state index in [0.717, 1.165) is 43.2 Å². The average Bonchev–Trinajstić information content (AvgIpc) is 3.29. The van der Waals surface area contributed by atoms with Crippen molar-refractivity contribution in [1.82, 2.24) is 20.1 Å². The van der Waals surface area contributed by atoms with Gasteiger partial charge in [0.05, 0.1) is 13.7 Å². The second-order valence-corrected chi connectivity index (χ2v) is 9.49. The number of aromatic nitrogens is 1. The second kappa shape index (κ2) is 13.9. The minimum absolute atomic E-state index is 0.0368. The van der Waals surface area contributed by atoms with Gasteiger partial charge in [-0.25, -0.2) is 9.78 Å². The number of hydrogen-bond donors (Lipinski definition) is 2. The van der Waals surface area contributed by atoms with E-state index in [0.29, 0.717) is 17.9 Å². The van der Waals surface area contributed by atoms with E-state index in [-0.39, 0.29) is 24.0 Å². The fourth-order valence-corrected chi connectivity index (χ4v) is 4.29. The molecule has 1 heterocycles. The first-order chi connectivity index (χ1) is 16.3. The molecule has 2 N–H and O–H groups in total. The van der Waals surface area contributed by atoms with Gasteiger partial charge in [0.15, 0.2) is 0 Å². The first-order valence-corrected chi connectivity index (χ1v) is 12.8. The Morgan fingerprint density at radius 3 is 2.38 bits per heavy atom. The van der Waals surface area contributed by atoms with Crippen LogP contribution in [-0.2, 0) is 6.54 Å². The molecule has 1 aromatic carbocycles. The SMILES string of the molecule is CCN(CC)CCCC(C)NC(=O)c1csc(CN(C(=O)Nc2ccc(OC)cc2)C(C)C)n1. The van der Waals surface area contributed by atoms with Gasteiger partial charge in [-0.05, 0) is 77.5 Å². The molecule has 8 nitrogen and oxygen atoms in total. The molecule has 188 valence electrons. The molecule has 2 rings (SSSR count). The lowest BCUT2D eigenvalue weighted by Crippen LogP contribution is -2.39. The third kappa shape index (κ3) is 8.61. The summed E-state index contributed by atoms with van der Waals surface area (Å²) in [5.74, 6) is 0.558. The van der Waals surface area contributed by atoms with Crippen molar-refractivity contribution in [3.63, 3.8) is 0 Å². The van der Waals surface area contributed by atoms with Crippen molar-refractivity contribution in [1.29, 1.82) is 0 Å². The second-order valence-electron chi connectivity index (χ2n) is 8.55. The van der Waals surface area contributed by atoms with Crippen molar-refractivity contribution in [3.05, 3.63) is 40.3 Å². The highest BCUT2D eigenvalue weighted by atomic mass is 32.1. The van der Waals surface area contributed by atoms with Crippen LogP contribution in [0.2, 0.25) is 0 Å². The number of anilines is 1. The number of carbonyl (C=O) groups is 2. The number of nitrogens with one attached hydrogen (secondary N) is 2. The third-order valence-corrected chi connectivity index (χ3v) is 6.53. The fourth-order valence-electron chi connectivity index (χ4n) is 3.52. The molecule has 0 saturated carbocycles. The van der Waals surface area contributed by atoms with Gasteiger partial charge >= 0.3 is 6.03 Å². The van der Waals surface area contributed by atoms with Crippen LogP contribution >= 0.6 is 11.3 Å². The molecule has 9 heteroatoms. The van der Waals surface area contributed by atoms with Crippen molar-refractivity contribution in [2.45, 2.75) is 66.1 Å². The molecule has 0 aliphatic heterocycles. The van der Waals surface area contributed by atoms with Crippen molar-refractivity contribution in [3.8, 4) is 5.75 Å². The van der Waals surface area contributed by atoms with E-state index in [2.05, 4.69) is 34.4 Å². The van der Waals surface area contributed by atoms with Gasteiger partial charge in [0, 0.05) is 23.2 Å². The molecule has 0 aliphatic rings. The van der Waals surface area contributed by atoms with Gasteiger partial charge in [-0.15, -0.1) is 11.3 Å². The monoisotopic (exact) mass is 489 g/mol. The van der Waals surface area contributed by atoms with Crippen LogP contribution in [0.15, 0.2) is 29.6 Å². The van der Waals surface area contributed by atoms with E-state index in [4.69, 9.17) is 4.74 Å². The first-order valence-electron chi connectivity index (χ1n) is 12.0. The molecule has 0 spiro atoms. The first kappa shape index (κ1) is 27.6. The molecule has 0 saturated heterocycles. The Morgan fingerprint density at radius 2 is 1.79 bits per heavy atom. The van der Waals surface area contributed by atoms with E-state index < -0.39 is 0 Å². The number of nitrogens with zero attached hydrogens (tertiary/aromatic N) is 3. The maximum absolute atomic E-state index is 12.9. The average molecular weight is 490 g/mol. The quantitative estimate of drug-likeness (QED) is 0.421. The molecule has 0 fully saturated rings.